The van der Waals surface area contributed by atoms with Crippen LogP contribution < -0.4 is 14.2 Å². The molecule has 2 aromatic carbocycles. The Labute approximate surface area is 168 Å². The summed E-state index contributed by atoms with van der Waals surface area (Å²) in [6, 6.07) is 14.0. The number of esters is 1. The Morgan fingerprint density at radius 1 is 0.931 bits per heavy atom. The third-order valence-electron chi connectivity index (χ3n) is 3.82. The van der Waals surface area contributed by atoms with Crippen molar-refractivity contribution in [2.45, 2.75) is 13.0 Å². The molecule has 2 atom stereocenters. The van der Waals surface area contributed by atoms with E-state index in [2.05, 4.69) is 10.1 Å². The maximum atomic E-state index is 12.5. The van der Waals surface area contributed by atoms with Gasteiger partial charge in [-0.1, -0.05) is 25.1 Å². The molecule has 0 aromatic heterocycles. The quantitative estimate of drug-likeness (QED) is 0.610. The highest BCUT2D eigenvalue weighted by molar-refractivity contribution is 7.82. The fourth-order valence-electron chi connectivity index (χ4n) is 2.25. The van der Waals surface area contributed by atoms with Crippen LogP contribution in [-0.2, 0) is 28.9 Å². The van der Waals surface area contributed by atoms with Gasteiger partial charge in [0.25, 0.3) is 0 Å². The van der Waals surface area contributed by atoms with Crippen LogP contribution in [0.2, 0.25) is 0 Å². The van der Waals surface area contributed by atoms with Gasteiger partial charge in [0.15, 0.2) is 6.10 Å². The van der Waals surface area contributed by atoms with E-state index in [1.165, 1.54) is 26.2 Å². The average molecular weight is 423 g/mol. The summed E-state index contributed by atoms with van der Waals surface area (Å²) in [6.07, 6.45) is -1.74. The molecule has 0 fully saturated rings. The zero-order valence-corrected chi connectivity index (χ0v) is 16.8. The summed E-state index contributed by atoms with van der Waals surface area (Å²) >= 11 is 0. The molecule has 29 heavy (non-hydrogen) atoms. The second kappa shape index (κ2) is 9.89. The maximum Gasteiger partial charge on any atom is 0.449 e. The smallest absolute Gasteiger partial charge is 0.449 e. The van der Waals surface area contributed by atoms with Crippen molar-refractivity contribution >= 4 is 28.0 Å². The molecule has 2 rings (SSSR count). The summed E-state index contributed by atoms with van der Waals surface area (Å²) in [5, 5.41) is 2.57. The van der Waals surface area contributed by atoms with E-state index >= 15 is 0 Å². The molecular weight excluding hydrogens is 402 g/mol. The Hall–Kier alpha value is -3.11. The van der Waals surface area contributed by atoms with Crippen LogP contribution in [0.25, 0.3) is 0 Å². The molecule has 2 aromatic rings. The van der Waals surface area contributed by atoms with E-state index in [1.54, 1.807) is 42.5 Å². The Morgan fingerprint density at radius 3 is 2.10 bits per heavy atom. The first-order chi connectivity index (χ1) is 13.8. The molecule has 0 saturated heterocycles. The Morgan fingerprint density at radius 2 is 1.55 bits per heavy atom. The number of hydrogen-bond acceptors (Lipinski definition) is 8. The second-order valence-electron chi connectivity index (χ2n) is 5.85. The minimum Gasteiger partial charge on any atom is -0.497 e. The Bertz CT molecular complexity index is 928. The van der Waals surface area contributed by atoms with Gasteiger partial charge in [-0.3, -0.25) is 4.79 Å². The van der Waals surface area contributed by atoms with Crippen molar-refractivity contribution in [2.75, 3.05) is 19.5 Å². The minimum atomic E-state index is -4.65. The van der Waals surface area contributed by atoms with E-state index in [0.717, 1.165) is 7.11 Å². The molecule has 0 unspecified atom stereocenters. The van der Waals surface area contributed by atoms with E-state index in [0.29, 0.717) is 11.4 Å². The number of anilines is 1. The van der Waals surface area contributed by atoms with Crippen LogP contribution in [0.5, 0.6) is 11.5 Å². The first-order valence-electron chi connectivity index (χ1n) is 8.46. The van der Waals surface area contributed by atoms with Gasteiger partial charge < -0.3 is 19.0 Å². The molecule has 0 radical (unpaired) electrons. The van der Waals surface area contributed by atoms with Gasteiger partial charge in [-0.15, -0.1) is 0 Å². The third-order valence-corrected chi connectivity index (χ3v) is 4.66. The van der Waals surface area contributed by atoms with Crippen LogP contribution in [0.3, 0.4) is 0 Å². The van der Waals surface area contributed by atoms with Gasteiger partial charge in [0.1, 0.15) is 11.5 Å². The standard InChI is InChI=1S/C19H21NO8S/c1-13(18(21)20-14-9-11-15(25-2)12-10-14)17(19(22)26-3)28-29(23,24)27-16-7-5-4-6-8-16/h4-13,17H,1-3H3,(H,20,21)/t13-,17+/m1/s1. The molecule has 1 N–H and O–H groups in total. The summed E-state index contributed by atoms with van der Waals surface area (Å²) in [6.45, 7) is 1.33. The third kappa shape index (κ3) is 6.47. The van der Waals surface area contributed by atoms with Crippen molar-refractivity contribution < 1.29 is 35.8 Å². The summed E-state index contributed by atoms with van der Waals surface area (Å²) < 4.78 is 43.6. The normalized spacial score (nSPS) is 13.1. The summed E-state index contributed by atoms with van der Waals surface area (Å²) in [5.74, 6) is -2.32. The van der Waals surface area contributed by atoms with Crippen LogP contribution in [0, 0.1) is 5.92 Å². The van der Waals surface area contributed by atoms with E-state index in [-0.39, 0.29) is 5.75 Å². The van der Waals surface area contributed by atoms with E-state index < -0.39 is 34.3 Å². The van der Waals surface area contributed by atoms with Gasteiger partial charge in [-0.05, 0) is 36.4 Å². The topological polar surface area (TPSA) is 117 Å². The lowest BCUT2D eigenvalue weighted by Crippen LogP contribution is -2.41. The van der Waals surface area contributed by atoms with Crippen molar-refractivity contribution in [3.05, 3.63) is 54.6 Å². The van der Waals surface area contributed by atoms with Gasteiger partial charge in [0, 0.05) is 5.69 Å². The van der Waals surface area contributed by atoms with Crippen LogP contribution in [0.1, 0.15) is 6.92 Å². The number of carbonyl (C=O) groups excluding carboxylic acids is 2. The van der Waals surface area contributed by atoms with Crippen LogP contribution in [0.4, 0.5) is 5.69 Å². The molecule has 0 aliphatic heterocycles. The van der Waals surface area contributed by atoms with Gasteiger partial charge in [-0.25, -0.2) is 8.98 Å². The zero-order chi connectivity index (χ0) is 21.4. The Kier molecular flexibility index (Phi) is 7.57. The number of hydrogen-bond donors (Lipinski definition) is 1. The summed E-state index contributed by atoms with van der Waals surface area (Å²) in [7, 11) is -2.09. The number of ether oxygens (including phenoxy) is 2. The Balaban J connectivity index is 2.12. The summed E-state index contributed by atoms with van der Waals surface area (Å²) in [5.41, 5.74) is 0.426. The van der Waals surface area contributed by atoms with Crippen LogP contribution >= 0.6 is 0 Å². The van der Waals surface area contributed by atoms with Crippen molar-refractivity contribution in [1.82, 2.24) is 0 Å². The number of amides is 1. The van der Waals surface area contributed by atoms with E-state index in [9.17, 15) is 18.0 Å². The molecule has 9 nitrogen and oxygen atoms in total. The number of benzene rings is 2. The minimum absolute atomic E-state index is 0.00791. The van der Waals surface area contributed by atoms with E-state index in [1.807, 2.05) is 0 Å². The molecule has 156 valence electrons. The molecule has 0 aliphatic carbocycles. The highest BCUT2D eigenvalue weighted by Gasteiger charge is 2.37. The highest BCUT2D eigenvalue weighted by Crippen LogP contribution is 2.20. The number of rotatable bonds is 9. The molecule has 0 bridgehead atoms. The summed E-state index contributed by atoms with van der Waals surface area (Å²) in [4.78, 5) is 24.6. The number of para-hydroxylation sites is 1. The molecule has 10 heteroatoms. The van der Waals surface area contributed by atoms with Gasteiger partial charge >= 0.3 is 16.4 Å². The highest BCUT2D eigenvalue weighted by atomic mass is 32.3. The lowest BCUT2D eigenvalue weighted by Gasteiger charge is -2.21. The lowest BCUT2D eigenvalue weighted by atomic mass is 10.0. The zero-order valence-electron chi connectivity index (χ0n) is 16.0. The molecular formula is C19H21NO8S. The largest absolute Gasteiger partial charge is 0.497 e. The molecule has 0 spiro atoms. The molecule has 0 heterocycles. The monoisotopic (exact) mass is 423 g/mol. The van der Waals surface area contributed by atoms with E-state index in [4.69, 9.17) is 13.1 Å². The van der Waals surface area contributed by atoms with Gasteiger partial charge in [0.2, 0.25) is 5.91 Å². The second-order valence-corrected chi connectivity index (χ2v) is 7.03. The lowest BCUT2D eigenvalue weighted by molar-refractivity contribution is -0.153. The maximum absolute atomic E-state index is 12.5. The van der Waals surface area contributed by atoms with Gasteiger partial charge in [0.05, 0.1) is 20.1 Å². The van der Waals surface area contributed by atoms with Crippen molar-refractivity contribution in [3.63, 3.8) is 0 Å². The van der Waals surface area contributed by atoms with Crippen molar-refractivity contribution in [2.24, 2.45) is 5.92 Å². The van der Waals surface area contributed by atoms with Crippen molar-refractivity contribution in [3.8, 4) is 11.5 Å². The first-order valence-corrected chi connectivity index (χ1v) is 9.79. The number of carbonyl (C=O) groups is 2. The predicted molar refractivity (Wildman–Crippen MR) is 104 cm³/mol. The van der Waals surface area contributed by atoms with Gasteiger partial charge in [-0.2, -0.15) is 8.42 Å². The molecule has 1 amide bonds. The molecule has 0 saturated carbocycles. The predicted octanol–water partition coefficient (Wildman–Crippen LogP) is 2.15. The van der Waals surface area contributed by atoms with Crippen molar-refractivity contribution in [1.29, 1.82) is 0 Å². The SMILES string of the molecule is COC(=O)[C@@H](OS(=O)(=O)Oc1ccccc1)[C@@H](C)C(=O)Nc1ccc(OC)cc1. The fourth-order valence-corrected chi connectivity index (χ4v) is 3.14. The van der Waals surface area contributed by atoms with Crippen LogP contribution in [-0.4, -0.2) is 40.6 Å². The first kappa shape index (κ1) is 22.2. The number of methoxy groups -OCH3 is 2. The fraction of sp³-hybridized carbons (Fsp3) is 0.263. The number of nitrogens with one attached hydrogen (secondary N) is 1. The average Bonchev–Trinajstić information content (AvgIpc) is 2.72. The van der Waals surface area contributed by atoms with Crippen LogP contribution in [0.15, 0.2) is 54.6 Å². The molecule has 0 aliphatic rings.